The van der Waals surface area contributed by atoms with Crippen molar-refractivity contribution in [3.05, 3.63) is 71.8 Å². The first-order chi connectivity index (χ1) is 11.1. The Labute approximate surface area is 134 Å². The minimum atomic E-state index is -1.18. The standard InChI is InChI=1S/C18H19NO4/c1-23-18(22)16(17(21)14-10-6-3-7-11-14)19-15(20)12-13-8-4-2-5-9-13/h2-11,16-17,21H,12H2,1H3,(H,19,20)/t16-,17+/m1/s1. The van der Waals surface area contributed by atoms with Crippen molar-refractivity contribution in [1.82, 2.24) is 5.32 Å². The molecule has 5 nitrogen and oxygen atoms in total. The summed E-state index contributed by atoms with van der Waals surface area (Å²) in [5.41, 5.74) is 1.35. The van der Waals surface area contributed by atoms with Crippen molar-refractivity contribution in [3.8, 4) is 0 Å². The van der Waals surface area contributed by atoms with Gasteiger partial charge in [-0.05, 0) is 11.1 Å². The summed E-state index contributed by atoms with van der Waals surface area (Å²) in [4.78, 5) is 24.1. The van der Waals surface area contributed by atoms with Crippen molar-refractivity contribution in [2.24, 2.45) is 0 Å². The first kappa shape index (κ1) is 16.7. The zero-order chi connectivity index (χ0) is 16.7. The largest absolute Gasteiger partial charge is 0.467 e. The molecule has 0 saturated carbocycles. The molecule has 0 aliphatic rings. The molecular formula is C18H19NO4. The Bertz CT molecular complexity index is 643. The van der Waals surface area contributed by atoms with E-state index in [1.165, 1.54) is 7.11 Å². The van der Waals surface area contributed by atoms with Crippen LogP contribution in [0, 0.1) is 0 Å². The van der Waals surface area contributed by atoms with E-state index in [2.05, 4.69) is 5.32 Å². The van der Waals surface area contributed by atoms with Crippen molar-refractivity contribution in [1.29, 1.82) is 0 Å². The number of hydrogen-bond donors (Lipinski definition) is 2. The minimum absolute atomic E-state index is 0.121. The maximum Gasteiger partial charge on any atom is 0.331 e. The van der Waals surface area contributed by atoms with Crippen LogP contribution in [-0.4, -0.2) is 30.1 Å². The summed E-state index contributed by atoms with van der Waals surface area (Å²) < 4.78 is 4.69. The number of ether oxygens (including phenoxy) is 1. The summed E-state index contributed by atoms with van der Waals surface area (Å²) in [6.45, 7) is 0. The van der Waals surface area contributed by atoms with Crippen molar-refractivity contribution in [2.45, 2.75) is 18.6 Å². The fourth-order valence-electron chi connectivity index (χ4n) is 2.24. The highest BCUT2D eigenvalue weighted by atomic mass is 16.5. The van der Waals surface area contributed by atoms with Gasteiger partial charge in [0.15, 0.2) is 6.04 Å². The van der Waals surface area contributed by atoms with Gasteiger partial charge in [-0.15, -0.1) is 0 Å². The van der Waals surface area contributed by atoms with Crippen LogP contribution < -0.4 is 5.32 Å². The summed E-state index contributed by atoms with van der Waals surface area (Å²) in [7, 11) is 1.22. The van der Waals surface area contributed by atoms with Gasteiger partial charge in [0, 0.05) is 0 Å². The van der Waals surface area contributed by atoms with E-state index in [1.54, 1.807) is 30.3 Å². The molecule has 120 valence electrons. The second-order valence-corrected chi connectivity index (χ2v) is 5.09. The van der Waals surface area contributed by atoms with Gasteiger partial charge in [-0.25, -0.2) is 4.79 Å². The molecule has 2 N–H and O–H groups in total. The second-order valence-electron chi connectivity index (χ2n) is 5.09. The third-order valence-electron chi connectivity index (χ3n) is 3.44. The van der Waals surface area contributed by atoms with Crippen LogP contribution in [0.25, 0.3) is 0 Å². The van der Waals surface area contributed by atoms with Gasteiger partial charge in [-0.1, -0.05) is 60.7 Å². The summed E-state index contributed by atoms with van der Waals surface area (Å²) in [6.07, 6.45) is -1.06. The molecule has 0 saturated heterocycles. The van der Waals surface area contributed by atoms with Gasteiger partial charge in [0.25, 0.3) is 0 Å². The number of esters is 1. The maximum absolute atomic E-state index is 12.1. The van der Waals surface area contributed by atoms with Gasteiger partial charge < -0.3 is 15.2 Å². The Morgan fingerprint density at radius 1 is 1.04 bits per heavy atom. The van der Waals surface area contributed by atoms with E-state index in [4.69, 9.17) is 4.74 Å². The number of benzene rings is 2. The van der Waals surface area contributed by atoms with Crippen LogP contribution in [0.3, 0.4) is 0 Å². The molecule has 1 amide bonds. The molecule has 0 aromatic heterocycles. The molecule has 2 aromatic carbocycles. The molecule has 2 rings (SSSR count). The smallest absolute Gasteiger partial charge is 0.331 e. The summed E-state index contributed by atoms with van der Waals surface area (Å²) in [5, 5.41) is 12.9. The first-order valence-electron chi connectivity index (χ1n) is 7.26. The molecule has 0 aliphatic heterocycles. The van der Waals surface area contributed by atoms with Crippen molar-refractivity contribution in [3.63, 3.8) is 0 Å². The number of hydrogen-bond acceptors (Lipinski definition) is 4. The summed E-state index contributed by atoms with van der Waals surface area (Å²) in [5.74, 6) is -1.05. The molecule has 0 spiro atoms. The van der Waals surface area contributed by atoms with Crippen molar-refractivity contribution >= 4 is 11.9 Å². The zero-order valence-electron chi connectivity index (χ0n) is 12.8. The Hall–Kier alpha value is -2.66. The molecule has 0 heterocycles. The Morgan fingerprint density at radius 2 is 1.61 bits per heavy atom. The number of methoxy groups -OCH3 is 1. The van der Waals surface area contributed by atoms with Crippen LogP contribution in [0.2, 0.25) is 0 Å². The van der Waals surface area contributed by atoms with Gasteiger partial charge in [0.1, 0.15) is 6.10 Å². The number of rotatable bonds is 6. The lowest BCUT2D eigenvalue weighted by Gasteiger charge is -2.22. The van der Waals surface area contributed by atoms with Gasteiger partial charge in [-0.2, -0.15) is 0 Å². The first-order valence-corrected chi connectivity index (χ1v) is 7.26. The predicted molar refractivity (Wildman–Crippen MR) is 85.5 cm³/mol. The average Bonchev–Trinajstić information content (AvgIpc) is 2.60. The summed E-state index contributed by atoms with van der Waals surface area (Å²) >= 11 is 0. The van der Waals surface area contributed by atoms with Crippen molar-refractivity contribution < 1.29 is 19.4 Å². The lowest BCUT2D eigenvalue weighted by Crippen LogP contribution is -2.46. The highest BCUT2D eigenvalue weighted by Crippen LogP contribution is 2.17. The molecule has 5 heteroatoms. The summed E-state index contributed by atoms with van der Waals surface area (Å²) in [6, 6.07) is 16.7. The molecule has 2 aromatic rings. The fraction of sp³-hybridized carbons (Fsp3) is 0.222. The number of carbonyl (C=O) groups excluding carboxylic acids is 2. The van der Waals surface area contributed by atoms with Crippen LogP contribution in [0.15, 0.2) is 60.7 Å². The second kappa shape index (κ2) is 8.10. The van der Waals surface area contributed by atoms with Crippen LogP contribution in [0.4, 0.5) is 0 Å². The van der Waals surface area contributed by atoms with Crippen LogP contribution in [0.1, 0.15) is 17.2 Å². The SMILES string of the molecule is COC(=O)[C@H](NC(=O)Cc1ccccc1)[C@@H](O)c1ccccc1. The average molecular weight is 313 g/mol. The van der Waals surface area contributed by atoms with Gasteiger partial charge in [-0.3, -0.25) is 4.79 Å². The van der Waals surface area contributed by atoms with Crippen LogP contribution in [-0.2, 0) is 20.7 Å². The van der Waals surface area contributed by atoms with Gasteiger partial charge in [0.2, 0.25) is 5.91 Å². The lowest BCUT2D eigenvalue weighted by atomic mass is 10.0. The van der Waals surface area contributed by atoms with E-state index in [0.29, 0.717) is 5.56 Å². The molecule has 0 fully saturated rings. The van der Waals surface area contributed by atoms with E-state index in [1.807, 2.05) is 30.3 Å². The molecule has 23 heavy (non-hydrogen) atoms. The fourth-order valence-corrected chi connectivity index (χ4v) is 2.24. The topological polar surface area (TPSA) is 75.6 Å². The molecule has 0 bridgehead atoms. The van der Waals surface area contributed by atoms with Gasteiger partial charge in [0.05, 0.1) is 13.5 Å². The van der Waals surface area contributed by atoms with Crippen LogP contribution in [0.5, 0.6) is 0 Å². The van der Waals surface area contributed by atoms with E-state index < -0.39 is 18.1 Å². The Morgan fingerprint density at radius 3 is 2.17 bits per heavy atom. The van der Waals surface area contributed by atoms with Crippen LogP contribution >= 0.6 is 0 Å². The minimum Gasteiger partial charge on any atom is -0.467 e. The number of aliphatic hydroxyl groups excluding tert-OH is 1. The molecule has 0 unspecified atom stereocenters. The zero-order valence-corrected chi connectivity index (χ0v) is 12.8. The predicted octanol–water partition coefficient (Wildman–Crippen LogP) is 1.62. The highest BCUT2D eigenvalue weighted by Gasteiger charge is 2.30. The van der Waals surface area contributed by atoms with Gasteiger partial charge >= 0.3 is 5.97 Å². The Balaban J connectivity index is 2.09. The van der Waals surface area contributed by atoms with E-state index in [-0.39, 0.29) is 12.3 Å². The molecule has 0 aliphatic carbocycles. The maximum atomic E-state index is 12.1. The highest BCUT2D eigenvalue weighted by molar-refractivity contribution is 5.86. The number of amides is 1. The quantitative estimate of drug-likeness (QED) is 0.795. The molecule has 0 radical (unpaired) electrons. The van der Waals surface area contributed by atoms with Crippen molar-refractivity contribution in [2.75, 3.05) is 7.11 Å². The normalized spacial score (nSPS) is 13.0. The Kier molecular flexibility index (Phi) is 5.88. The number of carbonyl (C=O) groups is 2. The molecule has 2 atom stereocenters. The monoisotopic (exact) mass is 313 g/mol. The number of nitrogens with one attached hydrogen (secondary N) is 1. The van der Waals surface area contributed by atoms with E-state index in [0.717, 1.165) is 5.56 Å². The number of aliphatic hydroxyl groups is 1. The van der Waals surface area contributed by atoms with E-state index in [9.17, 15) is 14.7 Å². The van der Waals surface area contributed by atoms with E-state index >= 15 is 0 Å². The lowest BCUT2D eigenvalue weighted by molar-refractivity contribution is -0.148. The third-order valence-corrected chi connectivity index (χ3v) is 3.44. The third kappa shape index (κ3) is 4.66. The molecular weight excluding hydrogens is 294 g/mol.